The van der Waals surface area contributed by atoms with E-state index in [1.165, 1.54) is 13.1 Å². The highest BCUT2D eigenvalue weighted by atomic mass is 19.3. The van der Waals surface area contributed by atoms with Gasteiger partial charge in [0.25, 0.3) is 5.92 Å². The van der Waals surface area contributed by atoms with Gasteiger partial charge in [0.1, 0.15) is 0 Å². The zero-order chi connectivity index (χ0) is 14.6. The maximum absolute atomic E-state index is 13.4. The number of rotatable bonds is 5. The number of hydrogen-bond donors (Lipinski definition) is 0. The minimum absolute atomic E-state index is 0.000220. The van der Waals surface area contributed by atoms with Crippen molar-refractivity contribution < 1.29 is 8.78 Å². The molecule has 0 saturated carbocycles. The summed E-state index contributed by atoms with van der Waals surface area (Å²) in [6.45, 7) is 10.5. The van der Waals surface area contributed by atoms with Gasteiger partial charge < -0.3 is 0 Å². The molecule has 0 aliphatic carbocycles. The molecule has 0 fully saturated rings. The van der Waals surface area contributed by atoms with Crippen LogP contribution in [0.3, 0.4) is 0 Å². The van der Waals surface area contributed by atoms with Crippen molar-refractivity contribution in [3.05, 3.63) is 22.8 Å². The van der Waals surface area contributed by atoms with Crippen LogP contribution in [0, 0.1) is 5.41 Å². The number of allylic oxidation sites excluding steroid dienone is 4. The quantitative estimate of drug-likeness (QED) is 0.483. The van der Waals surface area contributed by atoms with Crippen molar-refractivity contribution in [3.63, 3.8) is 0 Å². The fourth-order valence-electron chi connectivity index (χ4n) is 1.63. The normalized spacial score (nSPS) is 16.2. The second-order valence-corrected chi connectivity index (χ2v) is 5.48. The molecule has 0 bridgehead atoms. The summed E-state index contributed by atoms with van der Waals surface area (Å²) in [5.74, 6) is -2.82. The molecule has 18 heavy (non-hydrogen) atoms. The summed E-state index contributed by atoms with van der Waals surface area (Å²) in [7, 11) is 1.60. The Morgan fingerprint density at radius 1 is 1.17 bits per heavy atom. The molecule has 3 heteroatoms. The van der Waals surface area contributed by atoms with Gasteiger partial charge in [0.2, 0.25) is 0 Å². The summed E-state index contributed by atoms with van der Waals surface area (Å²) in [4.78, 5) is 3.89. The molecule has 0 aromatic heterocycles. The Kier molecular flexibility index (Phi) is 5.91. The van der Waals surface area contributed by atoms with E-state index in [1.807, 2.05) is 13.0 Å². The van der Waals surface area contributed by atoms with Crippen LogP contribution in [0.2, 0.25) is 0 Å². The first-order chi connectivity index (χ1) is 8.05. The van der Waals surface area contributed by atoms with Crippen molar-refractivity contribution >= 4 is 6.21 Å². The van der Waals surface area contributed by atoms with Gasteiger partial charge in [-0.1, -0.05) is 26.8 Å². The van der Waals surface area contributed by atoms with E-state index in [4.69, 9.17) is 0 Å². The first-order valence-corrected chi connectivity index (χ1v) is 6.26. The molecule has 0 radical (unpaired) electrons. The molecule has 0 rings (SSSR count). The van der Waals surface area contributed by atoms with E-state index in [2.05, 4.69) is 25.8 Å². The van der Waals surface area contributed by atoms with Crippen molar-refractivity contribution in [2.24, 2.45) is 10.4 Å². The fraction of sp³-hybridized carbons (Fsp3) is 0.667. The van der Waals surface area contributed by atoms with Gasteiger partial charge in [-0.3, -0.25) is 4.99 Å². The molecule has 0 aliphatic heterocycles. The van der Waals surface area contributed by atoms with Gasteiger partial charge in [-0.05, 0) is 36.8 Å². The molecule has 0 N–H and O–H groups in total. The van der Waals surface area contributed by atoms with Crippen LogP contribution >= 0.6 is 0 Å². The van der Waals surface area contributed by atoms with Crippen LogP contribution in [0.15, 0.2) is 27.8 Å². The average molecular weight is 257 g/mol. The van der Waals surface area contributed by atoms with Crippen molar-refractivity contribution in [3.8, 4) is 0 Å². The molecule has 1 nitrogen and oxygen atoms in total. The molecule has 0 unspecified atom stereocenters. The van der Waals surface area contributed by atoms with E-state index >= 15 is 0 Å². The molecular weight excluding hydrogens is 232 g/mol. The molecule has 0 saturated heterocycles. The van der Waals surface area contributed by atoms with E-state index in [9.17, 15) is 8.78 Å². The summed E-state index contributed by atoms with van der Waals surface area (Å²) in [6, 6.07) is 0. The van der Waals surface area contributed by atoms with Crippen LogP contribution in [0.25, 0.3) is 0 Å². The molecular formula is C15H25F2N. The first kappa shape index (κ1) is 17.0. The van der Waals surface area contributed by atoms with Crippen molar-refractivity contribution in [2.75, 3.05) is 7.05 Å². The Hall–Kier alpha value is -0.990. The van der Waals surface area contributed by atoms with Crippen LogP contribution < -0.4 is 0 Å². The third-order valence-electron chi connectivity index (χ3n) is 3.26. The highest BCUT2D eigenvalue weighted by molar-refractivity contribution is 5.85. The lowest BCUT2D eigenvalue weighted by Crippen LogP contribution is -2.15. The van der Waals surface area contributed by atoms with E-state index in [0.29, 0.717) is 5.57 Å². The zero-order valence-corrected chi connectivity index (χ0v) is 12.6. The number of halogens is 2. The molecule has 104 valence electrons. The average Bonchev–Trinajstić information content (AvgIpc) is 2.23. The van der Waals surface area contributed by atoms with Gasteiger partial charge in [0, 0.05) is 25.8 Å². The Balaban J connectivity index is 5.68. The van der Waals surface area contributed by atoms with Gasteiger partial charge in [-0.2, -0.15) is 0 Å². The maximum atomic E-state index is 13.4. The predicted octanol–water partition coefficient (Wildman–Crippen LogP) is 5.04. The Bertz CT molecular complexity index is 368. The zero-order valence-electron chi connectivity index (χ0n) is 12.6. The minimum Gasteiger partial charge on any atom is -0.296 e. The van der Waals surface area contributed by atoms with E-state index in [1.54, 1.807) is 7.05 Å². The molecule has 0 atom stereocenters. The van der Waals surface area contributed by atoms with Gasteiger partial charge >= 0.3 is 0 Å². The topological polar surface area (TPSA) is 12.4 Å². The smallest absolute Gasteiger partial charge is 0.267 e. The predicted molar refractivity (Wildman–Crippen MR) is 75.6 cm³/mol. The largest absolute Gasteiger partial charge is 0.296 e. The second-order valence-electron chi connectivity index (χ2n) is 5.48. The number of aliphatic imine (C=N–C) groups is 1. The lowest BCUT2D eigenvalue weighted by molar-refractivity contribution is 0.0630. The van der Waals surface area contributed by atoms with Gasteiger partial charge in [0.15, 0.2) is 0 Å². The van der Waals surface area contributed by atoms with Crippen LogP contribution in [0.4, 0.5) is 8.78 Å². The molecule has 0 aliphatic rings. The minimum atomic E-state index is -2.82. The van der Waals surface area contributed by atoms with Crippen molar-refractivity contribution in [2.45, 2.75) is 53.9 Å². The Morgan fingerprint density at radius 2 is 1.67 bits per heavy atom. The SMILES string of the molecule is CCC(C)(C)/C=C(C)/C(/C=N\C)=C(/C)C(C)(F)F. The van der Waals surface area contributed by atoms with Crippen LogP contribution in [0.1, 0.15) is 48.0 Å². The van der Waals surface area contributed by atoms with E-state index in [-0.39, 0.29) is 11.0 Å². The molecule has 0 aromatic carbocycles. The summed E-state index contributed by atoms with van der Waals surface area (Å²) in [6.07, 6.45) is 4.52. The molecule has 0 aromatic rings. The highest BCUT2D eigenvalue weighted by Crippen LogP contribution is 2.31. The first-order valence-electron chi connectivity index (χ1n) is 6.26. The van der Waals surface area contributed by atoms with Crippen molar-refractivity contribution in [1.29, 1.82) is 0 Å². The van der Waals surface area contributed by atoms with Crippen LogP contribution in [0.5, 0.6) is 0 Å². The fourth-order valence-corrected chi connectivity index (χ4v) is 1.63. The molecule has 0 spiro atoms. The van der Waals surface area contributed by atoms with E-state index < -0.39 is 5.92 Å². The summed E-state index contributed by atoms with van der Waals surface area (Å²) < 4.78 is 26.8. The van der Waals surface area contributed by atoms with Crippen molar-refractivity contribution in [1.82, 2.24) is 0 Å². The summed E-state index contributed by atoms with van der Waals surface area (Å²) >= 11 is 0. The summed E-state index contributed by atoms with van der Waals surface area (Å²) in [5.41, 5.74) is 1.45. The Labute approximate surface area is 110 Å². The summed E-state index contributed by atoms with van der Waals surface area (Å²) in [5, 5.41) is 0. The third kappa shape index (κ3) is 5.11. The van der Waals surface area contributed by atoms with Crippen LogP contribution in [-0.4, -0.2) is 19.2 Å². The number of alkyl halides is 2. The van der Waals surface area contributed by atoms with Gasteiger partial charge in [0.05, 0.1) is 0 Å². The number of nitrogens with zero attached hydrogens (tertiary/aromatic N) is 1. The third-order valence-corrected chi connectivity index (χ3v) is 3.26. The van der Waals surface area contributed by atoms with Crippen LogP contribution in [-0.2, 0) is 0 Å². The molecule has 0 amide bonds. The molecule has 0 heterocycles. The Morgan fingerprint density at radius 3 is 2.00 bits per heavy atom. The monoisotopic (exact) mass is 257 g/mol. The highest BCUT2D eigenvalue weighted by Gasteiger charge is 2.27. The lowest BCUT2D eigenvalue weighted by Gasteiger charge is -2.21. The number of hydrogen-bond acceptors (Lipinski definition) is 1. The standard InChI is InChI=1S/C15H25F2N/c1-8-14(4,5)9-11(2)13(10-18-7)12(3)15(6,16)17/h9-10H,8H2,1-7H3/b11-9+,13-12-,18-10-. The second kappa shape index (κ2) is 6.26. The lowest BCUT2D eigenvalue weighted by atomic mass is 9.85. The van der Waals surface area contributed by atoms with E-state index in [0.717, 1.165) is 18.9 Å². The van der Waals surface area contributed by atoms with Gasteiger partial charge in [-0.15, -0.1) is 0 Å². The van der Waals surface area contributed by atoms with Gasteiger partial charge in [-0.25, -0.2) is 8.78 Å². The maximum Gasteiger partial charge on any atom is 0.267 e.